The molecule has 0 unspecified atom stereocenters. The van der Waals surface area contributed by atoms with Crippen LogP contribution in [0.1, 0.15) is 33.6 Å². The number of urea groups is 1. The van der Waals surface area contributed by atoms with Crippen LogP contribution in [0.2, 0.25) is 0 Å². The highest BCUT2D eigenvalue weighted by molar-refractivity contribution is 5.74. The molecule has 0 aliphatic carbocycles. The molecule has 0 aromatic heterocycles. The fraction of sp³-hybridized carbons (Fsp3) is 0.923. The summed E-state index contributed by atoms with van der Waals surface area (Å²) in [6, 6.07) is 0.0775. The number of nitrogens with two attached hydrogens (primary N) is 1. The fourth-order valence-corrected chi connectivity index (χ4v) is 2.13. The van der Waals surface area contributed by atoms with Gasteiger partial charge >= 0.3 is 6.03 Å². The zero-order valence-electron chi connectivity index (χ0n) is 12.0. The Balaban J connectivity index is 2.32. The minimum Gasteiger partial charge on any atom is -0.338 e. The van der Waals surface area contributed by atoms with Crippen molar-refractivity contribution in [2.75, 3.05) is 39.3 Å². The molecule has 0 bridgehead atoms. The average Bonchev–Trinajstić information content (AvgIpc) is 2.39. The molecule has 1 aliphatic heterocycles. The molecule has 0 atom stereocenters. The maximum Gasteiger partial charge on any atom is 0.317 e. The zero-order valence-corrected chi connectivity index (χ0v) is 12.0. The Morgan fingerprint density at radius 3 is 2.39 bits per heavy atom. The Labute approximate surface area is 111 Å². The highest BCUT2D eigenvalue weighted by Gasteiger charge is 2.29. The van der Waals surface area contributed by atoms with E-state index in [9.17, 15) is 4.79 Å². The van der Waals surface area contributed by atoms with Gasteiger partial charge in [-0.1, -0.05) is 13.3 Å². The number of carbonyl (C=O) groups excluding carboxylic acids is 1. The van der Waals surface area contributed by atoms with Crippen LogP contribution in [0.25, 0.3) is 0 Å². The Morgan fingerprint density at radius 2 is 1.89 bits per heavy atom. The average molecular weight is 256 g/mol. The molecule has 0 aromatic carbocycles. The van der Waals surface area contributed by atoms with E-state index in [0.717, 1.165) is 45.6 Å². The number of amides is 2. The second kappa shape index (κ2) is 6.95. The van der Waals surface area contributed by atoms with Gasteiger partial charge in [-0.2, -0.15) is 0 Å². The Hall–Kier alpha value is -0.810. The van der Waals surface area contributed by atoms with Gasteiger partial charge in [-0.05, 0) is 20.3 Å². The highest BCUT2D eigenvalue weighted by Crippen LogP contribution is 2.15. The first kappa shape index (κ1) is 15.2. The summed E-state index contributed by atoms with van der Waals surface area (Å²) in [5, 5.41) is 2.96. The number of nitrogens with one attached hydrogen (secondary N) is 1. The van der Waals surface area contributed by atoms with Crippen molar-refractivity contribution in [1.29, 1.82) is 0 Å². The van der Waals surface area contributed by atoms with Crippen molar-refractivity contribution in [3.63, 3.8) is 0 Å². The van der Waals surface area contributed by atoms with Crippen LogP contribution >= 0.6 is 0 Å². The van der Waals surface area contributed by atoms with Gasteiger partial charge in [0, 0.05) is 44.8 Å². The number of hydrogen-bond acceptors (Lipinski definition) is 3. The largest absolute Gasteiger partial charge is 0.338 e. The van der Waals surface area contributed by atoms with Crippen molar-refractivity contribution in [3.05, 3.63) is 0 Å². The Bertz CT molecular complexity index is 260. The molecule has 1 saturated heterocycles. The summed E-state index contributed by atoms with van der Waals surface area (Å²) in [6.07, 6.45) is 2.16. The predicted octanol–water partition coefficient (Wildman–Crippen LogP) is 0.851. The van der Waals surface area contributed by atoms with Crippen LogP contribution in [0.15, 0.2) is 0 Å². The summed E-state index contributed by atoms with van der Waals surface area (Å²) < 4.78 is 0. The predicted molar refractivity (Wildman–Crippen MR) is 74.6 cm³/mol. The third kappa shape index (κ3) is 4.14. The molecule has 0 radical (unpaired) electrons. The number of hydrogen-bond donors (Lipinski definition) is 2. The second-order valence-electron chi connectivity index (χ2n) is 5.58. The molecular formula is C13H28N4O. The Kier molecular flexibility index (Phi) is 5.88. The van der Waals surface area contributed by atoms with E-state index in [0.29, 0.717) is 6.54 Å². The minimum atomic E-state index is 0.0325. The standard InChI is InChI=1S/C13H28N4O/c1-4-5-6-15-12(18)16-7-9-17(10-8-16)13(2,3)11-14/h4-11,14H2,1-3H3,(H,15,18). The molecule has 5 nitrogen and oxygen atoms in total. The number of nitrogens with zero attached hydrogens (tertiary/aromatic N) is 2. The van der Waals surface area contributed by atoms with Gasteiger partial charge in [0.25, 0.3) is 0 Å². The molecule has 3 N–H and O–H groups in total. The lowest BCUT2D eigenvalue weighted by Gasteiger charge is -2.43. The van der Waals surface area contributed by atoms with Crippen LogP contribution in [-0.4, -0.2) is 60.6 Å². The summed E-state index contributed by atoms with van der Waals surface area (Å²) in [7, 11) is 0. The fourth-order valence-electron chi connectivity index (χ4n) is 2.13. The lowest BCUT2D eigenvalue weighted by atomic mass is 10.0. The minimum absolute atomic E-state index is 0.0325. The van der Waals surface area contributed by atoms with Gasteiger partial charge in [-0.15, -0.1) is 0 Å². The molecular weight excluding hydrogens is 228 g/mol. The van der Waals surface area contributed by atoms with Gasteiger partial charge in [0.2, 0.25) is 0 Å². The number of unbranched alkanes of at least 4 members (excludes halogenated alkanes) is 1. The maximum atomic E-state index is 11.9. The van der Waals surface area contributed by atoms with Gasteiger partial charge in [-0.25, -0.2) is 4.79 Å². The molecule has 1 fully saturated rings. The molecule has 5 heteroatoms. The van der Waals surface area contributed by atoms with Gasteiger partial charge < -0.3 is 16.0 Å². The summed E-state index contributed by atoms with van der Waals surface area (Å²) in [4.78, 5) is 16.1. The number of carbonyl (C=O) groups is 1. The van der Waals surface area contributed by atoms with Crippen LogP contribution in [0, 0.1) is 0 Å². The highest BCUT2D eigenvalue weighted by atomic mass is 16.2. The summed E-state index contributed by atoms with van der Waals surface area (Å²) in [5.74, 6) is 0. The third-order valence-corrected chi connectivity index (χ3v) is 3.73. The van der Waals surface area contributed by atoms with Crippen molar-refractivity contribution in [3.8, 4) is 0 Å². The molecule has 0 aromatic rings. The smallest absolute Gasteiger partial charge is 0.317 e. The molecule has 0 saturated carbocycles. The van der Waals surface area contributed by atoms with Crippen LogP contribution in [-0.2, 0) is 0 Å². The van der Waals surface area contributed by atoms with E-state index in [1.807, 2.05) is 4.90 Å². The summed E-state index contributed by atoms with van der Waals surface area (Å²) >= 11 is 0. The SMILES string of the molecule is CCCCNC(=O)N1CCN(C(C)(C)CN)CC1. The first-order valence-corrected chi connectivity index (χ1v) is 6.99. The van der Waals surface area contributed by atoms with Gasteiger partial charge in [-0.3, -0.25) is 4.90 Å². The van der Waals surface area contributed by atoms with Crippen molar-refractivity contribution in [2.24, 2.45) is 5.73 Å². The topological polar surface area (TPSA) is 61.6 Å². The summed E-state index contributed by atoms with van der Waals surface area (Å²) in [5.41, 5.74) is 5.81. The van der Waals surface area contributed by atoms with E-state index in [1.54, 1.807) is 0 Å². The number of piperazine rings is 1. The molecule has 1 aliphatic rings. The summed E-state index contributed by atoms with van der Waals surface area (Å²) in [6.45, 7) is 11.3. The van der Waals surface area contributed by atoms with E-state index in [2.05, 4.69) is 31.0 Å². The van der Waals surface area contributed by atoms with Crippen molar-refractivity contribution in [2.45, 2.75) is 39.2 Å². The molecule has 0 spiro atoms. The van der Waals surface area contributed by atoms with Crippen LogP contribution in [0.4, 0.5) is 4.79 Å². The van der Waals surface area contributed by atoms with Gasteiger partial charge in [0.05, 0.1) is 0 Å². The van der Waals surface area contributed by atoms with E-state index in [4.69, 9.17) is 5.73 Å². The van der Waals surface area contributed by atoms with Gasteiger partial charge in [0.15, 0.2) is 0 Å². The molecule has 18 heavy (non-hydrogen) atoms. The van der Waals surface area contributed by atoms with Crippen LogP contribution in [0.3, 0.4) is 0 Å². The van der Waals surface area contributed by atoms with Crippen molar-refractivity contribution < 1.29 is 4.79 Å². The van der Waals surface area contributed by atoms with Crippen molar-refractivity contribution >= 4 is 6.03 Å². The Morgan fingerprint density at radius 1 is 1.28 bits per heavy atom. The van der Waals surface area contributed by atoms with Crippen LogP contribution in [0.5, 0.6) is 0 Å². The lowest BCUT2D eigenvalue weighted by molar-refractivity contribution is 0.0686. The first-order valence-electron chi connectivity index (χ1n) is 6.99. The van der Waals surface area contributed by atoms with E-state index in [1.165, 1.54) is 0 Å². The van der Waals surface area contributed by atoms with Gasteiger partial charge in [0.1, 0.15) is 0 Å². The van der Waals surface area contributed by atoms with Crippen LogP contribution < -0.4 is 11.1 Å². The maximum absolute atomic E-state index is 11.9. The lowest BCUT2D eigenvalue weighted by Crippen LogP contribution is -2.59. The van der Waals surface area contributed by atoms with E-state index in [-0.39, 0.29) is 11.6 Å². The quantitative estimate of drug-likeness (QED) is 0.717. The normalized spacial score (nSPS) is 17.9. The monoisotopic (exact) mass is 256 g/mol. The first-order chi connectivity index (χ1) is 8.51. The molecule has 2 amide bonds. The molecule has 1 heterocycles. The molecule has 106 valence electrons. The third-order valence-electron chi connectivity index (χ3n) is 3.73. The number of rotatable bonds is 5. The second-order valence-corrected chi connectivity index (χ2v) is 5.58. The van der Waals surface area contributed by atoms with E-state index >= 15 is 0 Å². The van der Waals surface area contributed by atoms with E-state index < -0.39 is 0 Å². The molecule has 1 rings (SSSR count). The zero-order chi connectivity index (χ0) is 13.6. The van der Waals surface area contributed by atoms with Crippen molar-refractivity contribution in [1.82, 2.24) is 15.1 Å².